The number of para-hydroxylation sites is 1. The first kappa shape index (κ1) is 22.2. The van der Waals surface area contributed by atoms with Crippen molar-refractivity contribution in [2.45, 2.75) is 30.7 Å². The zero-order valence-electron chi connectivity index (χ0n) is 17.8. The molecule has 2 aliphatic heterocycles. The minimum absolute atomic E-state index is 0.0480. The molecule has 2 N–H and O–H groups in total. The smallest absolute Gasteiger partial charge is 0.234 e. The average Bonchev–Trinajstić information content (AvgIpc) is 3.10. The molecule has 0 radical (unpaired) electrons. The first-order valence-electron chi connectivity index (χ1n) is 10.9. The van der Waals surface area contributed by atoms with E-state index in [0.29, 0.717) is 38.2 Å². The number of nitrogens with one attached hydrogen (secondary N) is 2. The van der Waals surface area contributed by atoms with Crippen LogP contribution in [0.5, 0.6) is 5.75 Å². The van der Waals surface area contributed by atoms with Crippen molar-refractivity contribution in [3.05, 3.63) is 65.7 Å². The van der Waals surface area contributed by atoms with E-state index in [0.717, 1.165) is 24.7 Å². The van der Waals surface area contributed by atoms with Gasteiger partial charge in [0.15, 0.2) is 11.6 Å². The highest BCUT2D eigenvalue weighted by Gasteiger charge is 2.49. The van der Waals surface area contributed by atoms with Crippen molar-refractivity contribution in [1.82, 2.24) is 15.5 Å². The van der Waals surface area contributed by atoms with Crippen LogP contribution < -0.4 is 15.4 Å². The van der Waals surface area contributed by atoms with Gasteiger partial charge < -0.3 is 15.4 Å². The van der Waals surface area contributed by atoms with E-state index in [9.17, 15) is 18.4 Å². The Kier molecular flexibility index (Phi) is 6.69. The number of carbonyl (C=O) groups excluding carboxylic acids is 2. The summed E-state index contributed by atoms with van der Waals surface area (Å²) >= 11 is 0. The number of carbonyl (C=O) groups is 2. The summed E-state index contributed by atoms with van der Waals surface area (Å²) in [7, 11) is 0. The molecular formula is C24H27F2N3O3. The predicted molar refractivity (Wildman–Crippen MR) is 115 cm³/mol. The SMILES string of the molecule is O=C(CN1C[C@@H](c2ccc(F)c(F)c2)[C@@]2(CCCC(=O)N2)C1)NCCOc1ccccc1. The number of hydrogen-bond acceptors (Lipinski definition) is 4. The number of hydrogen-bond donors (Lipinski definition) is 2. The topological polar surface area (TPSA) is 70.7 Å². The van der Waals surface area contributed by atoms with Gasteiger partial charge in [-0.2, -0.15) is 0 Å². The maximum absolute atomic E-state index is 13.9. The minimum atomic E-state index is -0.908. The molecule has 0 aromatic heterocycles. The number of rotatable bonds is 7. The molecule has 1 spiro atoms. The van der Waals surface area contributed by atoms with Crippen LogP contribution in [0.3, 0.4) is 0 Å². The lowest BCUT2D eigenvalue weighted by Crippen LogP contribution is -2.56. The summed E-state index contributed by atoms with van der Waals surface area (Å²) in [6.45, 7) is 1.84. The Morgan fingerprint density at radius 1 is 1.19 bits per heavy atom. The van der Waals surface area contributed by atoms with Crippen LogP contribution in [-0.4, -0.2) is 55.0 Å². The number of piperidine rings is 1. The largest absolute Gasteiger partial charge is 0.492 e. The summed E-state index contributed by atoms with van der Waals surface area (Å²) in [6, 6.07) is 13.2. The summed E-state index contributed by atoms with van der Waals surface area (Å²) in [4.78, 5) is 26.6. The predicted octanol–water partition coefficient (Wildman–Crippen LogP) is 2.60. The van der Waals surface area contributed by atoms with Gasteiger partial charge in [-0.05, 0) is 42.7 Å². The first-order chi connectivity index (χ1) is 15.4. The molecule has 0 bridgehead atoms. The molecule has 2 saturated heterocycles. The maximum Gasteiger partial charge on any atom is 0.234 e. The zero-order chi connectivity index (χ0) is 22.6. The molecule has 0 saturated carbocycles. The lowest BCUT2D eigenvalue weighted by atomic mass is 9.76. The standard InChI is InChI=1S/C24H27F2N3O3/c25-20-9-8-17(13-21(20)26)19-14-29(16-24(19)10-4-7-22(30)28-24)15-23(31)27-11-12-32-18-5-2-1-3-6-18/h1-3,5-6,8-9,13,19H,4,7,10-12,14-16H2,(H,27,31)(H,28,30)/t19-,24+/m0/s1. The average molecular weight is 443 g/mol. The highest BCUT2D eigenvalue weighted by Crippen LogP contribution is 2.41. The van der Waals surface area contributed by atoms with Crippen molar-refractivity contribution in [2.75, 3.05) is 32.8 Å². The van der Waals surface area contributed by atoms with E-state index in [1.165, 1.54) is 6.07 Å². The Balaban J connectivity index is 1.37. The fourth-order valence-corrected chi connectivity index (χ4v) is 4.76. The molecule has 6 nitrogen and oxygen atoms in total. The minimum Gasteiger partial charge on any atom is -0.492 e. The number of halogens is 2. The van der Waals surface area contributed by atoms with Crippen LogP contribution >= 0.6 is 0 Å². The quantitative estimate of drug-likeness (QED) is 0.646. The molecule has 0 aliphatic carbocycles. The van der Waals surface area contributed by atoms with Crippen molar-refractivity contribution in [1.29, 1.82) is 0 Å². The van der Waals surface area contributed by atoms with Gasteiger partial charge in [-0.25, -0.2) is 8.78 Å². The normalized spacial score (nSPS) is 23.2. The van der Waals surface area contributed by atoms with E-state index in [-0.39, 0.29) is 24.3 Å². The monoisotopic (exact) mass is 443 g/mol. The molecular weight excluding hydrogens is 416 g/mol. The van der Waals surface area contributed by atoms with Gasteiger partial charge in [-0.15, -0.1) is 0 Å². The van der Waals surface area contributed by atoms with Gasteiger partial charge in [-0.1, -0.05) is 24.3 Å². The number of ether oxygens (including phenoxy) is 1. The van der Waals surface area contributed by atoms with Gasteiger partial charge in [0.25, 0.3) is 0 Å². The van der Waals surface area contributed by atoms with Crippen LogP contribution in [0.2, 0.25) is 0 Å². The third kappa shape index (κ3) is 5.07. The van der Waals surface area contributed by atoms with Crippen LogP contribution in [0.4, 0.5) is 8.78 Å². The molecule has 2 heterocycles. The van der Waals surface area contributed by atoms with Crippen LogP contribution in [0.25, 0.3) is 0 Å². The molecule has 32 heavy (non-hydrogen) atoms. The van der Waals surface area contributed by atoms with Gasteiger partial charge >= 0.3 is 0 Å². The summed E-state index contributed by atoms with van der Waals surface area (Å²) in [5, 5.41) is 5.95. The van der Waals surface area contributed by atoms with E-state index in [4.69, 9.17) is 4.74 Å². The summed E-state index contributed by atoms with van der Waals surface area (Å²) in [5.74, 6) is -1.49. The van der Waals surface area contributed by atoms with Gasteiger partial charge in [0.2, 0.25) is 11.8 Å². The third-order valence-electron chi connectivity index (χ3n) is 6.18. The van der Waals surface area contributed by atoms with Crippen molar-refractivity contribution < 1.29 is 23.1 Å². The van der Waals surface area contributed by atoms with Crippen molar-refractivity contribution in [3.63, 3.8) is 0 Å². The van der Waals surface area contributed by atoms with E-state index < -0.39 is 17.2 Å². The van der Waals surface area contributed by atoms with Crippen LogP contribution in [0.1, 0.15) is 30.7 Å². The molecule has 4 rings (SSSR count). The van der Waals surface area contributed by atoms with E-state index in [2.05, 4.69) is 10.6 Å². The fraction of sp³-hybridized carbons (Fsp3) is 0.417. The van der Waals surface area contributed by atoms with Gasteiger partial charge in [-0.3, -0.25) is 14.5 Å². The van der Waals surface area contributed by atoms with Gasteiger partial charge in [0.05, 0.1) is 18.6 Å². The Labute approximate surface area is 185 Å². The zero-order valence-corrected chi connectivity index (χ0v) is 17.8. The second kappa shape index (κ2) is 9.65. The Bertz CT molecular complexity index is 972. The second-order valence-electron chi connectivity index (χ2n) is 8.47. The number of amides is 2. The number of likely N-dealkylation sites (tertiary alicyclic amines) is 1. The molecule has 2 amide bonds. The number of benzene rings is 2. The number of nitrogens with zero attached hydrogens (tertiary/aromatic N) is 1. The summed E-state index contributed by atoms with van der Waals surface area (Å²) in [5.41, 5.74) is 0.0429. The summed E-state index contributed by atoms with van der Waals surface area (Å²) < 4.78 is 33.0. The van der Waals surface area contributed by atoms with Crippen LogP contribution in [-0.2, 0) is 9.59 Å². The first-order valence-corrected chi connectivity index (χ1v) is 10.9. The lowest BCUT2D eigenvalue weighted by Gasteiger charge is -2.39. The molecule has 8 heteroatoms. The molecule has 2 aliphatic rings. The van der Waals surface area contributed by atoms with E-state index in [1.807, 2.05) is 35.2 Å². The molecule has 2 aromatic rings. The lowest BCUT2D eigenvalue weighted by molar-refractivity contribution is -0.125. The maximum atomic E-state index is 13.9. The van der Waals surface area contributed by atoms with Crippen molar-refractivity contribution >= 4 is 11.8 Å². The van der Waals surface area contributed by atoms with E-state index in [1.54, 1.807) is 6.07 Å². The third-order valence-corrected chi connectivity index (χ3v) is 6.18. The molecule has 2 atom stereocenters. The molecule has 2 aromatic carbocycles. The Hall–Kier alpha value is -3.00. The van der Waals surface area contributed by atoms with E-state index >= 15 is 0 Å². The fourth-order valence-electron chi connectivity index (χ4n) is 4.76. The van der Waals surface area contributed by atoms with Crippen molar-refractivity contribution in [3.8, 4) is 5.75 Å². The van der Waals surface area contributed by atoms with Crippen molar-refractivity contribution in [2.24, 2.45) is 0 Å². The Morgan fingerprint density at radius 3 is 2.75 bits per heavy atom. The highest BCUT2D eigenvalue weighted by molar-refractivity contribution is 5.79. The van der Waals surface area contributed by atoms with Crippen LogP contribution in [0.15, 0.2) is 48.5 Å². The highest BCUT2D eigenvalue weighted by atomic mass is 19.2. The summed E-state index contributed by atoms with van der Waals surface area (Å²) in [6.07, 6.45) is 1.91. The van der Waals surface area contributed by atoms with Gasteiger partial charge in [0, 0.05) is 25.4 Å². The van der Waals surface area contributed by atoms with Gasteiger partial charge in [0.1, 0.15) is 12.4 Å². The molecule has 170 valence electrons. The second-order valence-corrected chi connectivity index (χ2v) is 8.47. The Morgan fingerprint density at radius 2 is 2.00 bits per heavy atom. The van der Waals surface area contributed by atoms with Crippen LogP contribution in [0, 0.1) is 11.6 Å². The molecule has 0 unspecified atom stereocenters. The molecule has 2 fully saturated rings.